The molecule has 0 spiro atoms. The topological polar surface area (TPSA) is 41.6 Å². The third kappa shape index (κ3) is 2.54. The number of nitrogens with two attached hydrogens (primary N) is 1. The van der Waals surface area contributed by atoms with Gasteiger partial charge in [-0.2, -0.15) is 0 Å². The lowest BCUT2D eigenvalue weighted by Crippen LogP contribution is -2.45. The molecule has 0 radical (unpaired) electrons. The van der Waals surface area contributed by atoms with Crippen molar-refractivity contribution in [2.45, 2.75) is 45.6 Å². The highest BCUT2D eigenvalue weighted by atomic mass is 15.3. The van der Waals surface area contributed by atoms with Gasteiger partial charge in [-0.05, 0) is 43.7 Å². The standard InChI is InChI=1S/C17H25N3/c1-12-3-7-14(8-4-12)16-11-19-17(18)20(16)15-9-5-13(2)6-10-15/h5-6,9-10,12,14,16H,3-4,7-8,11H2,1-2H3,(H2,18,19). The predicted molar refractivity (Wildman–Crippen MR) is 85.1 cm³/mol. The van der Waals surface area contributed by atoms with Gasteiger partial charge >= 0.3 is 0 Å². The number of aryl methyl sites for hydroxylation is 1. The van der Waals surface area contributed by atoms with Crippen molar-refractivity contribution in [1.82, 2.24) is 0 Å². The highest BCUT2D eigenvalue weighted by molar-refractivity contribution is 5.97. The van der Waals surface area contributed by atoms with Crippen LogP contribution in [0.5, 0.6) is 0 Å². The molecule has 2 N–H and O–H groups in total. The van der Waals surface area contributed by atoms with Crippen molar-refractivity contribution in [1.29, 1.82) is 0 Å². The average molecular weight is 271 g/mol. The van der Waals surface area contributed by atoms with Gasteiger partial charge in [-0.3, -0.25) is 4.99 Å². The zero-order chi connectivity index (χ0) is 14.1. The quantitative estimate of drug-likeness (QED) is 0.896. The van der Waals surface area contributed by atoms with Crippen molar-refractivity contribution >= 4 is 11.6 Å². The Kier molecular flexibility index (Phi) is 3.68. The summed E-state index contributed by atoms with van der Waals surface area (Å²) in [5.41, 5.74) is 8.63. The summed E-state index contributed by atoms with van der Waals surface area (Å²) in [5.74, 6) is 2.31. The first kappa shape index (κ1) is 13.5. The molecule has 1 aromatic rings. The van der Waals surface area contributed by atoms with E-state index in [1.807, 2.05) is 0 Å². The molecule has 0 bridgehead atoms. The molecule has 2 aliphatic rings. The van der Waals surface area contributed by atoms with Crippen LogP contribution in [0, 0.1) is 18.8 Å². The van der Waals surface area contributed by atoms with Crippen LogP contribution in [0.1, 0.15) is 38.2 Å². The van der Waals surface area contributed by atoms with Gasteiger partial charge in [0.25, 0.3) is 0 Å². The van der Waals surface area contributed by atoms with Crippen molar-refractivity contribution in [3.05, 3.63) is 29.8 Å². The minimum atomic E-state index is 0.463. The lowest BCUT2D eigenvalue weighted by atomic mass is 9.79. The first-order valence-corrected chi connectivity index (χ1v) is 7.81. The molecule has 108 valence electrons. The number of aliphatic imine (C=N–C) groups is 1. The fraction of sp³-hybridized carbons (Fsp3) is 0.588. The molecule has 0 amide bonds. The number of guanidine groups is 1. The third-order valence-electron chi connectivity index (χ3n) is 4.94. The van der Waals surface area contributed by atoms with E-state index in [0.29, 0.717) is 12.0 Å². The molecule has 20 heavy (non-hydrogen) atoms. The van der Waals surface area contributed by atoms with E-state index in [9.17, 15) is 0 Å². The second kappa shape index (κ2) is 5.47. The number of nitrogens with zero attached hydrogens (tertiary/aromatic N) is 2. The van der Waals surface area contributed by atoms with E-state index in [-0.39, 0.29) is 0 Å². The summed E-state index contributed by atoms with van der Waals surface area (Å²) >= 11 is 0. The first-order chi connectivity index (χ1) is 9.65. The van der Waals surface area contributed by atoms with Crippen LogP contribution in [0.4, 0.5) is 5.69 Å². The maximum atomic E-state index is 6.15. The summed E-state index contributed by atoms with van der Waals surface area (Å²) in [6.07, 6.45) is 5.33. The number of anilines is 1. The van der Waals surface area contributed by atoms with Crippen molar-refractivity contribution in [3.8, 4) is 0 Å². The Labute approximate surface area is 121 Å². The Morgan fingerprint density at radius 1 is 1.10 bits per heavy atom. The number of hydrogen-bond donors (Lipinski definition) is 1. The minimum Gasteiger partial charge on any atom is -0.370 e. The summed E-state index contributed by atoms with van der Waals surface area (Å²) in [6.45, 7) is 5.34. The van der Waals surface area contributed by atoms with E-state index in [4.69, 9.17) is 5.73 Å². The molecule has 1 fully saturated rings. The summed E-state index contributed by atoms with van der Waals surface area (Å²) < 4.78 is 0. The van der Waals surface area contributed by atoms with Gasteiger partial charge in [0, 0.05) is 5.69 Å². The minimum absolute atomic E-state index is 0.463. The molecule has 1 unspecified atom stereocenters. The van der Waals surface area contributed by atoms with E-state index in [0.717, 1.165) is 18.4 Å². The van der Waals surface area contributed by atoms with Crippen molar-refractivity contribution < 1.29 is 0 Å². The Bertz CT molecular complexity index is 483. The molecule has 0 aromatic heterocycles. The van der Waals surface area contributed by atoms with Gasteiger partial charge in [-0.1, -0.05) is 37.5 Å². The summed E-state index contributed by atoms with van der Waals surface area (Å²) in [7, 11) is 0. The normalized spacial score (nSPS) is 30.4. The third-order valence-corrected chi connectivity index (χ3v) is 4.94. The van der Waals surface area contributed by atoms with Gasteiger partial charge in [-0.25, -0.2) is 0 Å². The SMILES string of the molecule is Cc1ccc(N2C(N)=NCC2C2CCC(C)CC2)cc1. The van der Waals surface area contributed by atoms with E-state index >= 15 is 0 Å². The van der Waals surface area contributed by atoms with Crippen molar-refractivity contribution in [3.63, 3.8) is 0 Å². The molecule has 1 aromatic carbocycles. The summed E-state index contributed by atoms with van der Waals surface area (Å²) in [4.78, 5) is 6.78. The molecule has 1 saturated carbocycles. The smallest absolute Gasteiger partial charge is 0.196 e. The lowest BCUT2D eigenvalue weighted by molar-refractivity contribution is 0.261. The van der Waals surface area contributed by atoms with Crippen LogP contribution < -0.4 is 10.6 Å². The van der Waals surface area contributed by atoms with Crippen molar-refractivity contribution in [2.24, 2.45) is 22.6 Å². The van der Waals surface area contributed by atoms with Gasteiger partial charge in [0.2, 0.25) is 0 Å². The zero-order valence-electron chi connectivity index (χ0n) is 12.5. The molecule has 1 atom stereocenters. The molecule has 0 saturated heterocycles. The largest absolute Gasteiger partial charge is 0.370 e. The molecule has 1 aliphatic heterocycles. The Morgan fingerprint density at radius 3 is 2.40 bits per heavy atom. The fourth-order valence-corrected chi connectivity index (χ4v) is 3.57. The van der Waals surface area contributed by atoms with Crippen LogP contribution in [-0.4, -0.2) is 18.5 Å². The van der Waals surface area contributed by atoms with E-state index in [1.54, 1.807) is 0 Å². The average Bonchev–Trinajstić information content (AvgIpc) is 2.83. The number of rotatable bonds is 2. The van der Waals surface area contributed by atoms with Gasteiger partial charge in [0.15, 0.2) is 5.96 Å². The second-order valence-corrected chi connectivity index (χ2v) is 6.49. The van der Waals surface area contributed by atoms with Crippen LogP contribution in [0.2, 0.25) is 0 Å². The van der Waals surface area contributed by atoms with Crippen LogP contribution in [-0.2, 0) is 0 Å². The molecular formula is C17H25N3. The van der Waals surface area contributed by atoms with Gasteiger partial charge < -0.3 is 10.6 Å². The molecule has 3 nitrogen and oxygen atoms in total. The first-order valence-electron chi connectivity index (χ1n) is 7.81. The zero-order valence-corrected chi connectivity index (χ0v) is 12.5. The Morgan fingerprint density at radius 2 is 1.75 bits per heavy atom. The molecule has 1 aliphatic carbocycles. The van der Waals surface area contributed by atoms with Gasteiger partial charge in [-0.15, -0.1) is 0 Å². The molecular weight excluding hydrogens is 246 g/mol. The van der Waals surface area contributed by atoms with E-state index < -0.39 is 0 Å². The second-order valence-electron chi connectivity index (χ2n) is 6.49. The van der Waals surface area contributed by atoms with Crippen LogP contribution in [0.3, 0.4) is 0 Å². The van der Waals surface area contributed by atoms with Gasteiger partial charge in [0.05, 0.1) is 12.6 Å². The van der Waals surface area contributed by atoms with E-state index in [1.165, 1.54) is 36.9 Å². The lowest BCUT2D eigenvalue weighted by Gasteiger charge is -2.36. The predicted octanol–water partition coefficient (Wildman–Crippen LogP) is 3.32. The highest BCUT2D eigenvalue weighted by Crippen LogP contribution is 2.35. The van der Waals surface area contributed by atoms with Gasteiger partial charge in [0.1, 0.15) is 0 Å². The maximum Gasteiger partial charge on any atom is 0.196 e. The molecule has 3 heteroatoms. The molecule has 3 rings (SSSR count). The Balaban J connectivity index is 1.79. The van der Waals surface area contributed by atoms with E-state index in [2.05, 4.69) is 48.0 Å². The van der Waals surface area contributed by atoms with Crippen molar-refractivity contribution in [2.75, 3.05) is 11.4 Å². The summed E-state index contributed by atoms with van der Waals surface area (Å²) in [6, 6.07) is 9.11. The van der Waals surface area contributed by atoms with Crippen LogP contribution >= 0.6 is 0 Å². The Hall–Kier alpha value is -1.51. The highest BCUT2D eigenvalue weighted by Gasteiger charge is 2.35. The summed E-state index contributed by atoms with van der Waals surface area (Å²) in [5, 5.41) is 0. The fourth-order valence-electron chi connectivity index (χ4n) is 3.57. The number of benzene rings is 1. The maximum absolute atomic E-state index is 6.15. The molecule has 1 heterocycles. The number of hydrogen-bond acceptors (Lipinski definition) is 3. The van der Waals surface area contributed by atoms with Crippen LogP contribution in [0.25, 0.3) is 0 Å². The van der Waals surface area contributed by atoms with Crippen LogP contribution in [0.15, 0.2) is 29.3 Å². The monoisotopic (exact) mass is 271 g/mol.